The maximum atomic E-state index is 12.4. The van der Waals surface area contributed by atoms with Gasteiger partial charge in [-0.1, -0.05) is 35.9 Å². The fraction of sp³-hybridized carbons (Fsp3) is 0.174. The molecule has 0 radical (unpaired) electrons. The van der Waals surface area contributed by atoms with Crippen LogP contribution in [0.25, 0.3) is 22.2 Å². The first-order valence-corrected chi connectivity index (χ1v) is 9.44. The topological polar surface area (TPSA) is 85.8 Å². The summed E-state index contributed by atoms with van der Waals surface area (Å²) >= 11 is 0. The van der Waals surface area contributed by atoms with Crippen LogP contribution >= 0.6 is 0 Å². The van der Waals surface area contributed by atoms with E-state index in [9.17, 15) is 4.79 Å². The van der Waals surface area contributed by atoms with E-state index in [0.717, 1.165) is 39.0 Å². The standard InChI is InChI=1S/C23H23N5O/c1-14-4-6-16(7-5-14)11-20(29)27-17-8-9-18(15(2)10-17)19-12-28(3)23-21(19)22(24)25-13-26-23/h4-10,12-13H,11H2,1-3H3,(H,27,29)(H2,24,25,26). The van der Waals surface area contributed by atoms with Crippen LogP contribution in [0.15, 0.2) is 55.0 Å². The van der Waals surface area contributed by atoms with Gasteiger partial charge in [-0.2, -0.15) is 0 Å². The zero-order valence-electron chi connectivity index (χ0n) is 16.7. The highest BCUT2D eigenvalue weighted by atomic mass is 16.1. The average Bonchev–Trinajstić information content (AvgIpc) is 3.01. The van der Waals surface area contributed by atoms with E-state index in [-0.39, 0.29) is 5.91 Å². The van der Waals surface area contributed by atoms with Gasteiger partial charge < -0.3 is 15.6 Å². The highest BCUT2D eigenvalue weighted by molar-refractivity contribution is 6.01. The lowest BCUT2D eigenvalue weighted by molar-refractivity contribution is -0.115. The van der Waals surface area contributed by atoms with Crippen molar-refractivity contribution in [3.8, 4) is 11.1 Å². The van der Waals surface area contributed by atoms with Crippen LogP contribution in [0, 0.1) is 13.8 Å². The largest absolute Gasteiger partial charge is 0.383 e. The van der Waals surface area contributed by atoms with Gasteiger partial charge in [0.1, 0.15) is 17.8 Å². The number of hydrogen-bond acceptors (Lipinski definition) is 4. The quantitative estimate of drug-likeness (QED) is 0.556. The van der Waals surface area contributed by atoms with Crippen LogP contribution in [0.5, 0.6) is 0 Å². The molecule has 4 aromatic rings. The van der Waals surface area contributed by atoms with Gasteiger partial charge >= 0.3 is 0 Å². The SMILES string of the molecule is Cc1ccc(CC(=O)Nc2ccc(-c3cn(C)c4ncnc(N)c34)c(C)c2)cc1. The summed E-state index contributed by atoms with van der Waals surface area (Å²) in [6.45, 7) is 4.05. The molecule has 6 heteroatoms. The first-order chi connectivity index (χ1) is 13.9. The van der Waals surface area contributed by atoms with E-state index >= 15 is 0 Å². The minimum atomic E-state index is -0.0381. The number of nitrogen functional groups attached to an aromatic ring is 1. The summed E-state index contributed by atoms with van der Waals surface area (Å²) in [5.74, 6) is 0.421. The third-order valence-electron chi connectivity index (χ3n) is 5.07. The lowest BCUT2D eigenvalue weighted by Gasteiger charge is -2.10. The van der Waals surface area contributed by atoms with Gasteiger partial charge in [0.2, 0.25) is 5.91 Å². The van der Waals surface area contributed by atoms with Gasteiger partial charge in [0, 0.05) is 24.5 Å². The number of rotatable bonds is 4. The first-order valence-electron chi connectivity index (χ1n) is 9.44. The van der Waals surface area contributed by atoms with Gasteiger partial charge in [0.15, 0.2) is 0 Å². The normalized spacial score (nSPS) is 11.0. The third kappa shape index (κ3) is 3.69. The molecule has 0 unspecified atom stereocenters. The van der Waals surface area contributed by atoms with Crippen molar-refractivity contribution in [1.29, 1.82) is 0 Å². The Morgan fingerprint density at radius 3 is 2.55 bits per heavy atom. The molecule has 4 rings (SSSR count). The van der Waals surface area contributed by atoms with Gasteiger partial charge in [-0.3, -0.25) is 4.79 Å². The second-order valence-electron chi connectivity index (χ2n) is 7.35. The minimum Gasteiger partial charge on any atom is -0.383 e. The molecule has 29 heavy (non-hydrogen) atoms. The molecule has 2 aromatic heterocycles. The summed E-state index contributed by atoms with van der Waals surface area (Å²) in [5, 5.41) is 3.83. The Hall–Kier alpha value is -3.67. The van der Waals surface area contributed by atoms with Crippen LogP contribution in [0.4, 0.5) is 11.5 Å². The fourth-order valence-electron chi connectivity index (χ4n) is 3.58. The summed E-state index contributed by atoms with van der Waals surface area (Å²) in [4.78, 5) is 20.9. The number of nitrogens with zero attached hydrogens (tertiary/aromatic N) is 3. The molecule has 0 saturated heterocycles. The second-order valence-corrected chi connectivity index (χ2v) is 7.35. The summed E-state index contributed by atoms with van der Waals surface area (Å²) in [5.41, 5.74) is 12.9. The fourth-order valence-corrected chi connectivity index (χ4v) is 3.58. The second kappa shape index (κ2) is 7.39. The molecule has 0 atom stereocenters. The lowest BCUT2D eigenvalue weighted by Crippen LogP contribution is -2.14. The van der Waals surface area contributed by atoms with Crippen LogP contribution < -0.4 is 11.1 Å². The highest BCUT2D eigenvalue weighted by Crippen LogP contribution is 2.34. The van der Waals surface area contributed by atoms with E-state index in [0.29, 0.717) is 12.2 Å². The van der Waals surface area contributed by atoms with Crippen molar-refractivity contribution in [2.24, 2.45) is 7.05 Å². The Labute approximate surface area is 169 Å². The van der Waals surface area contributed by atoms with E-state index in [2.05, 4.69) is 15.3 Å². The van der Waals surface area contributed by atoms with Crippen molar-refractivity contribution >= 4 is 28.4 Å². The van der Waals surface area contributed by atoms with E-state index in [1.54, 1.807) is 0 Å². The number of aryl methyl sites for hydroxylation is 3. The number of hydrogen-bond donors (Lipinski definition) is 2. The van der Waals surface area contributed by atoms with Crippen molar-refractivity contribution in [3.63, 3.8) is 0 Å². The van der Waals surface area contributed by atoms with Crippen LogP contribution in [0.1, 0.15) is 16.7 Å². The smallest absolute Gasteiger partial charge is 0.228 e. The van der Waals surface area contributed by atoms with E-state index in [4.69, 9.17) is 5.73 Å². The Kier molecular flexibility index (Phi) is 4.76. The van der Waals surface area contributed by atoms with Crippen LogP contribution in [0.2, 0.25) is 0 Å². The molecule has 146 valence electrons. The Balaban J connectivity index is 1.59. The van der Waals surface area contributed by atoms with Gasteiger partial charge in [-0.25, -0.2) is 9.97 Å². The number of benzene rings is 2. The number of aromatic nitrogens is 3. The molecule has 0 spiro atoms. The maximum Gasteiger partial charge on any atom is 0.228 e. The van der Waals surface area contributed by atoms with E-state index in [1.807, 2.05) is 74.1 Å². The molecule has 0 aliphatic heterocycles. The maximum absolute atomic E-state index is 12.4. The molecular weight excluding hydrogens is 362 g/mol. The number of anilines is 2. The van der Waals surface area contributed by atoms with Crippen LogP contribution in [-0.4, -0.2) is 20.4 Å². The molecule has 6 nitrogen and oxygen atoms in total. The average molecular weight is 385 g/mol. The predicted octanol–water partition coefficient (Wildman–Crippen LogP) is 4.02. The molecule has 0 fully saturated rings. The van der Waals surface area contributed by atoms with Gasteiger partial charge in [0.05, 0.1) is 11.8 Å². The van der Waals surface area contributed by atoms with E-state index < -0.39 is 0 Å². The molecular formula is C23H23N5O. The van der Waals surface area contributed by atoms with Gasteiger partial charge in [-0.05, 0) is 42.7 Å². The van der Waals surface area contributed by atoms with Crippen LogP contribution in [0.3, 0.4) is 0 Å². The van der Waals surface area contributed by atoms with Crippen molar-refractivity contribution in [1.82, 2.24) is 14.5 Å². The minimum absolute atomic E-state index is 0.0381. The van der Waals surface area contributed by atoms with E-state index in [1.165, 1.54) is 11.9 Å². The lowest BCUT2D eigenvalue weighted by atomic mass is 10.00. The van der Waals surface area contributed by atoms with Crippen molar-refractivity contribution in [3.05, 3.63) is 71.7 Å². The van der Waals surface area contributed by atoms with Crippen LogP contribution in [-0.2, 0) is 18.3 Å². The molecule has 2 heterocycles. The summed E-state index contributed by atoms with van der Waals surface area (Å²) in [6.07, 6.45) is 3.83. The monoisotopic (exact) mass is 385 g/mol. The van der Waals surface area contributed by atoms with Crippen molar-refractivity contribution < 1.29 is 4.79 Å². The number of amides is 1. The number of fused-ring (bicyclic) bond motifs is 1. The Morgan fingerprint density at radius 2 is 1.83 bits per heavy atom. The molecule has 0 saturated carbocycles. The molecule has 0 bridgehead atoms. The predicted molar refractivity (Wildman–Crippen MR) is 117 cm³/mol. The number of nitrogens with one attached hydrogen (secondary N) is 1. The zero-order valence-corrected chi connectivity index (χ0v) is 16.7. The van der Waals surface area contributed by atoms with Crippen molar-refractivity contribution in [2.75, 3.05) is 11.1 Å². The van der Waals surface area contributed by atoms with Gasteiger partial charge in [-0.15, -0.1) is 0 Å². The third-order valence-corrected chi connectivity index (χ3v) is 5.07. The summed E-state index contributed by atoms with van der Waals surface area (Å²) in [7, 11) is 1.94. The first kappa shape index (κ1) is 18.7. The molecule has 3 N–H and O–H groups in total. The number of nitrogens with two attached hydrogens (primary N) is 1. The Morgan fingerprint density at radius 1 is 1.07 bits per heavy atom. The van der Waals surface area contributed by atoms with Gasteiger partial charge in [0.25, 0.3) is 0 Å². The molecule has 1 amide bonds. The summed E-state index contributed by atoms with van der Waals surface area (Å²) < 4.78 is 1.94. The summed E-state index contributed by atoms with van der Waals surface area (Å²) in [6, 6.07) is 13.9. The molecule has 0 aliphatic rings. The zero-order chi connectivity index (χ0) is 20.5. The molecule has 0 aliphatic carbocycles. The molecule has 2 aromatic carbocycles. The van der Waals surface area contributed by atoms with Crippen molar-refractivity contribution in [2.45, 2.75) is 20.3 Å². The highest BCUT2D eigenvalue weighted by Gasteiger charge is 2.15. The number of carbonyl (C=O) groups excluding carboxylic acids is 1. The Bertz CT molecular complexity index is 1210. The number of carbonyl (C=O) groups is 1.